The second-order valence-corrected chi connectivity index (χ2v) is 5.25. The number of methoxy groups -OCH3 is 1. The molecule has 16 heavy (non-hydrogen) atoms. The summed E-state index contributed by atoms with van der Waals surface area (Å²) in [4.78, 5) is 1.21. The second-order valence-electron chi connectivity index (χ2n) is 4.25. The Bertz CT molecular complexity index is 327. The number of nitrogens with one attached hydrogen (secondary N) is 1. The van der Waals surface area contributed by atoms with E-state index in [1.165, 1.54) is 11.3 Å². The fourth-order valence-corrected chi connectivity index (χ4v) is 3.00. The van der Waals surface area contributed by atoms with Gasteiger partial charge in [0, 0.05) is 12.6 Å². The lowest BCUT2D eigenvalue weighted by atomic mass is 9.92. The molecular weight excluding hydrogens is 222 g/mol. The third kappa shape index (κ3) is 2.75. The smallest absolute Gasteiger partial charge is 0.134 e. The first kappa shape index (κ1) is 11.9. The molecule has 1 aromatic rings. The van der Waals surface area contributed by atoms with E-state index in [4.69, 9.17) is 4.74 Å². The maximum Gasteiger partial charge on any atom is 0.134 e. The molecule has 0 spiro atoms. The van der Waals surface area contributed by atoms with Crippen molar-refractivity contribution >= 4 is 11.3 Å². The van der Waals surface area contributed by atoms with E-state index in [1.54, 1.807) is 18.4 Å². The molecule has 0 radical (unpaired) electrons. The summed E-state index contributed by atoms with van der Waals surface area (Å²) in [5.41, 5.74) is 0. The van der Waals surface area contributed by atoms with Crippen LogP contribution in [0.2, 0.25) is 0 Å². The van der Waals surface area contributed by atoms with Crippen LogP contribution in [0.15, 0.2) is 11.4 Å². The summed E-state index contributed by atoms with van der Waals surface area (Å²) in [6, 6.07) is 2.24. The van der Waals surface area contributed by atoms with Crippen molar-refractivity contribution < 1.29 is 9.84 Å². The summed E-state index contributed by atoms with van der Waals surface area (Å²) in [6.45, 7) is 0.794. The van der Waals surface area contributed by atoms with Gasteiger partial charge < -0.3 is 15.2 Å². The minimum absolute atomic E-state index is 0.181. The quantitative estimate of drug-likeness (QED) is 0.848. The largest absolute Gasteiger partial charge is 0.496 e. The van der Waals surface area contributed by atoms with Crippen LogP contribution >= 0.6 is 11.3 Å². The molecule has 3 nitrogen and oxygen atoms in total. The predicted octanol–water partition coefficient (Wildman–Crippen LogP) is 2.15. The lowest BCUT2D eigenvalue weighted by Crippen LogP contribution is -2.41. The summed E-state index contributed by atoms with van der Waals surface area (Å²) < 4.78 is 5.26. The molecule has 1 saturated carbocycles. The summed E-state index contributed by atoms with van der Waals surface area (Å²) in [5.74, 6) is 0.947. The van der Waals surface area contributed by atoms with Gasteiger partial charge in [-0.2, -0.15) is 0 Å². The summed E-state index contributed by atoms with van der Waals surface area (Å²) >= 11 is 1.69. The van der Waals surface area contributed by atoms with Crippen molar-refractivity contribution in [1.82, 2.24) is 5.32 Å². The van der Waals surface area contributed by atoms with Gasteiger partial charge in [0.2, 0.25) is 0 Å². The van der Waals surface area contributed by atoms with E-state index in [0.717, 1.165) is 31.6 Å². The van der Waals surface area contributed by atoms with Gasteiger partial charge in [0.15, 0.2) is 0 Å². The molecule has 0 aromatic carbocycles. The fourth-order valence-electron chi connectivity index (χ4n) is 2.21. The molecule has 2 unspecified atom stereocenters. The number of thiophene rings is 1. The molecule has 1 aromatic heterocycles. The molecule has 1 heterocycles. The van der Waals surface area contributed by atoms with Crippen molar-refractivity contribution in [2.75, 3.05) is 7.11 Å². The third-order valence-corrected chi connectivity index (χ3v) is 4.08. The number of aliphatic hydroxyl groups is 1. The van der Waals surface area contributed by atoms with Crippen LogP contribution in [-0.4, -0.2) is 24.4 Å². The molecule has 0 amide bonds. The number of aliphatic hydroxyl groups excluding tert-OH is 1. The van der Waals surface area contributed by atoms with Crippen molar-refractivity contribution in [2.24, 2.45) is 0 Å². The zero-order chi connectivity index (χ0) is 11.4. The monoisotopic (exact) mass is 241 g/mol. The standard InChI is InChI=1S/C12H19NO2S/c1-15-11-6-7-16-12(11)8-13-9-4-2-3-5-10(9)14/h6-7,9-10,13-14H,2-5,8H2,1H3. The van der Waals surface area contributed by atoms with Gasteiger partial charge in [0.05, 0.1) is 18.1 Å². The van der Waals surface area contributed by atoms with Crippen LogP contribution in [0, 0.1) is 0 Å². The molecule has 90 valence electrons. The van der Waals surface area contributed by atoms with Gasteiger partial charge in [-0.25, -0.2) is 0 Å². The van der Waals surface area contributed by atoms with Gasteiger partial charge in [0.25, 0.3) is 0 Å². The number of hydrogen-bond acceptors (Lipinski definition) is 4. The first-order valence-electron chi connectivity index (χ1n) is 5.83. The highest BCUT2D eigenvalue weighted by atomic mass is 32.1. The molecule has 2 rings (SSSR count). The summed E-state index contributed by atoms with van der Waals surface area (Å²) in [7, 11) is 1.70. The Balaban J connectivity index is 1.86. The third-order valence-electron chi connectivity index (χ3n) is 3.18. The second kappa shape index (κ2) is 5.66. The lowest BCUT2D eigenvalue weighted by molar-refractivity contribution is 0.0903. The summed E-state index contributed by atoms with van der Waals surface area (Å²) in [5, 5.41) is 15.3. The Morgan fingerprint density at radius 3 is 3.06 bits per heavy atom. The molecule has 0 bridgehead atoms. The molecule has 0 saturated heterocycles. The Labute approximate surface area is 100 Å². The van der Waals surface area contributed by atoms with E-state index in [0.29, 0.717) is 0 Å². The molecule has 1 aliphatic rings. The van der Waals surface area contributed by atoms with E-state index >= 15 is 0 Å². The van der Waals surface area contributed by atoms with Gasteiger partial charge in [0.1, 0.15) is 5.75 Å². The Hall–Kier alpha value is -0.580. The van der Waals surface area contributed by atoms with Crippen LogP contribution in [0.5, 0.6) is 5.75 Å². The van der Waals surface area contributed by atoms with Gasteiger partial charge >= 0.3 is 0 Å². The lowest BCUT2D eigenvalue weighted by Gasteiger charge is -2.28. The molecular formula is C12H19NO2S. The number of rotatable bonds is 4. The van der Waals surface area contributed by atoms with E-state index in [-0.39, 0.29) is 12.1 Å². The van der Waals surface area contributed by atoms with Crippen molar-refractivity contribution in [3.8, 4) is 5.75 Å². The highest BCUT2D eigenvalue weighted by Crippen LogP contribution is 2.25. The highest BCUT2D eigenvalue weighted by Gasteiger charge is 2.22. The first-order valence-corrected chi connectivity index (χ1v) is 6.71. The number of hydrogen-bond donors (Lipinski definition) is 2. The van der Waals surface area contributed by atoms with Gasteiger partial charge in [-0.15, -0.1) is 11.3 Å². The van der Waals surface area contributed by atoms with Crippen LogP contribution in [0.25, 0.3) is 0 Å². The predicted molar refractivity (Wildman–Crippen MR) is 66.0 cm³/mol. The molecule has 0 aliphatic heterocycles. The van der Waals surface area contributed by atoms with Crippen LogP contribution in [0.4, 0.5) is 0 Å². The zero-order valence-corrected chi connectivity index (χ0v) is 10.4. The molecule has 4 heteroatoms. The van der Waals surface area contributed by atoms with Crippen LogP contribution in [-0.2, 0) is 6.54 Å². The average Bonchev–Trinajstić information content (AvgIpc) is 2.75. The Morgan fingerprint density at radius 1 is 1.50 bits per heavy atom. The number of ether oxygens (including phenoxy) is 1. The van der Waals surface area contributed by atoms with Gasteiger partial charge in [-0.3, -0.25) is 0 Å². The molecule has 1 fully saturated rings. The maximum atomic E-state index is 9.83. The fraction of sp³-hybridized carbons (Fsp3) is 0.667. The SMILES string of the molecule is COc1ccsc1CNC1CCCCC1O. The van der Waals surface area contributed by atoms with E-state index in [2.05, 4.69) is 5.32 Å². The van der Waals surface area contributed by atoms with Crippen LogP contribution in [0.1, 0.15) is 30.6 Å². The van der Waals surface area contributed by atoms with Crippen molar-refractivity contribution in [3.05, 3.63) is 16.3 Å². The van der Waals surface area contributed by atoms with E-state index < -0.39 is 0 Å². The zero-order valence-electron chi connectivity index (χ0n) is 9.61. The van der Waals surface area contributed by atoms with Crippen molar-refractivity contribution in [3.63, 3.8) is 0 Å². The Kier molecular flexibility index (Phi) is 4.21. The van der Waals surface area contributed by atoms with Crippen LogP contribution < -0.4 is 10.1 Å². The maximum absolute atomic E-state index is 9.83. The van der Waals surface area contributed by atoms with Crippen molar-refractivity contribution in [2.45, 2.75) is 44.4 Å². The molecule has 2 N–H and O–H groups in total. The van der Waals surface area contributed by atoms with Gasteiger partial charge in [-0.05, 0) is 24.3 Å². The average molecular weight is 241 g/mol. The normalized spacial score (nSPS) is 25.6. The van der Waals surface area contributed by atoms with Crippen molar-refractivity contribution in [1.29, 1.82) is 0 Å². The first-order chi connectivity index (χ1) is 7.81. The summed E-state index contributed by atoms with van der Waals surface area (Å²) in [6.07, 6.45) is 4.20. The van der Waals surface area contributed by atoms with Gasteiger partial charge in [-0.1, -0.05) is 12.8 Å². The molecule has 1 aliphatic carbocycles. The molecule has 2 atom stereocenters. The highest BCUT2D eigenvalue weighted by molar-refractivity contribution is 7.10. The van der Waals surface area contributed by atoms with E-state index in [9.17, 15) is 5.11 Å². The van der Waals surface area contributed by atoms with Crippen LogP contribution in [0.3, 0.4) is 0 Å². The minimum atomic E-state index is -0.181. The topological polar surface area (TPSA) is 41.5 Å². The minimum Gasteiger partial charge on any atom is -0.496 e. The van der Waals surface area contributed by atoms with E-state index in [1.807, 2.05) is 11.4 Å². The Morgan fingerprint density at radius 2 is 2.31 bits per heavy atom.